The molecule has 1 heterocycles. The van der Waals surface area contributed by atoms with Crippen LogP contribution in [0.15, 0.2) is 23.2 Å². The van der Waals surface area contributed by atoms with E-state index in [4.69, 9.17) is 4.74 Å². The number of aliphatic imine (C=N–C) groups is 1. The summed E-state index contributed by atoms with van der Waals surface area (Å²) < 4.78 is 6.13. The maximum absolute atomic E-state index is 6.13. The van der Waals surface area contributed by atoms with Crippen LogP contribution in [0.1, 0.15) is 45.2 Å². The first-order chi connectivity index (χ1) is 14.4. The molecule has 1 aromatic rings. The number of aryl methyl sites for hydroxylation is 1. The number of likely N-dealkylation sites (N-methyl/N-ethyl adjacent to an activating group) is 1. The summed E-state index contributed by atoms with van der Waals surface area (Å²) in [5.74, 6) is 2.38. The van der Waals surface area contributed by atoms with Crippen molar-refractivity contribution in [2.75, 3.05) is 52.9 Å². The molecule has 0 radical (unpaired) electrons. The molecule has 2 rings (SSSR count). The van der Waals surface area contributed by atoms with Crippen molar-refractivity contribution in [2.45, 2.75) is 53.7 Å². The molecule has 2 unspecified atom stereocenters. The zero-order chi connectivity index (χ0) is 21.9. The first kappa shape index (κ1) is 28.0. The SMILES string of the molecule is CCC(C)Oc1cc(C)ccc1CNC(=NC)NCC(C)CN1CCN(CC)CC1.I. The Morgan fingerprint density at radius 1 is 1.10 bits per heavy atom. The van der Waals surface area contributed by atoms with Crippen LogP contribution in [0.3, 0.4) is 0 Å². The largest absolute Gasteiger partial charge is 0.490 e. The van der Waals surface area contributed by atoms with E-state index in [-0.39, 0.29) is 30.1 Å². The number of rotatable bonds is 10. The third-order valence-electron chi connectivity index (χ3n) is 5.90. The highest BCUT2D eigenvalue weighted by atomic mass is 127. The average molecular weight is 546 g/mol. The fraction of sp³-hybridized carbons (Fsp3) is 0.708. The minimum absolute atomic E-state index is 0. The van der Waals surface area contributed by atoms with E-state index in [0.717, 1.165) is 43.3 Å². The second kappa shape index (κ2) is 14.9. The smallest absolute Gasteiger partial charge is 0.191 e. The topological polar surface area (TPSA) is 52.1 Å². The molecule has 1 saturated heterocycles. The van der Waals surface area contributed by atoms with Crippen molar-refractivity contribution < 1.29 is 4.74 Å². The number of piperazine rings is 1. The number of benzene rings is 1. The van der Waals surface area contributed by atoms with Crippen molar-refractivity contribution in [3.05, 3.63) is 29.3 Å². The maximum atomic E-state index is 6.13. The highest BCUT2D eigenvalue weighted by Crippen LogP contribution is 2.22. The zero-order valence-electron chi connectivity index (χ0n) is 20.4. The van der Waals surface area contributed by atoms with Crippen molar-refractivity contribution >= 4 is 29.9 Å². The Morgan fingerprint density at radius 2 is 1.77 bits per heavy atom. The molecule has 178 valence electrons. The van der Waals surface area contributed by atoms with Gasteiger partial charge in [-0.25, -0.2) is 0 Å². The van der Waals surface area contributed by atoms with Crippen LogP contribution < -0.4 is 15.4 Å². The van der Waals surface area contributed by atoms with Gasteiger partial charge in [0.15, 0.2) is 5.96 Å². The molecule has 1 aliphatic rings. The van der Waals surface area contributed by atoms with Gasteiger partial charge >= 0.3 is 0 Å². The van der Waals surface area contributed by atoms with Gasteiger partial charge in [-0.15, -0.1) is 24.0 Å². The zero-order valence-corrected chi connectivity index (χ0v) is 22.7. The number of nitrogens with zero attached hydrogens (tertiary/aromatic N) is 3. The summed E-state index contributed by atoms with van der Waals surface area (Å²) >= 11 is 0. The molecule has 6 nitrogen and oxygen atoms in total. The van der Waals surface area contributed by atoms with Crippen LogP contribution in [0.2, 0.25) is 0 Å². The van der Waals surface area contributed by atoms with Crippen LogP contribution in [0.25, 0.3) is 0 Å². The van der Waals surface area contributed by atoms with E-state index < -0.39 is 0 Å². The predicted molar refractivity (Wildman–Crippen MR) is 143 cm³/mol. The lowest BCUT2D eigenvalue weighted by Crippen LogP contribution is -2.48. The number of nitrogens with one attached hydrogen (secondary N) is 2. The number of halogens is 1. The Balaban J connectivity index is 0.00000480. The van der Waals surface area contributed by atoms with E-state index in [1.165, 1.54) is 31.7 Å². The Labute approximate surface area is 207 Å². The molecule has 2 N–H and O–H groups in total. The Hall–Kier alpha value is -1.06. The van der Waals surface area contributed by atoms with Crippen molar-refractivity contribution in [1.82, 2.24) is 20.4 Å². The van der Waals surface area contributed by atoms with Gasteiger partial charge < -0.3 is 25.2 Å². The number of hydrogen-bond donors (Lipinski definition) is 2. The Morgan fingerprint density at radius 3 is 2.39 bits per heavy atom. The first-order valence-electron chi connectivity index (χ1n) is 11.6. The summed E-state index contributed by atoms with van der Waals surface area (Å²) in [5, 5.41) is 6.94. The predicted octanol–water partition coefficient (Wildman–Crippen LogP) is 3.73. The summed E-state index contributed by atoms with van der Waals surface area (Å²) in [4.78, 5) is 9.51. The summed E-state index contributed by atoms with van der Waals surface area (Å²) in [7, 11) is 1.83. The lowest BCUT2D eigenvalue weighted by atomic mass is 10.1. The highest BCUT2D eigenvalue weighted by molar-refractivity contribution is 14.0. The molecular weight excluding hydrogens is 501 g/mol. The molecular formula is C24H44IN5O. The van der Waals surface area contributed by atoms with Crippen LogP contribution in [0, 0.1) is 12.8 Å². The lowest BCUT2D eigenvalue weighted by Gasteiger charge is -2.35. The molecule has 31 heavy (non-hydrogen) atoms. The van der Waals surface area contributed by atoms with E-state index in [1.54, 1.807) is 0 Å². The molecule has 0 spiro atoms. The van der Waals surface area contributed by atoms with Gasteiger partial charge in [0.1, 0.15) is 5.75 Å². The van der Waals surface area contributed by atoms with Crippen LogP contribution >= 0.6 is 24.0 Å². The van der Waals surface area contributed by atoms with Gasteiger partial charge in [0.2, 0.25) is 0 Å². The number of ether oxygens (including phenoxy) is 1. The minimum Gasteiger partial charge on any atom is -0.490 e. The van der Waals surface area contributed by atoms with Crippen LogP contribution in [-0.4, -0.2) is 74.7 Å². The molecule has 7 heteroatoms. The van der Waals surface area contributed by atoms with E-state index in [0.29, 0.717) is 12.5 Å². The van der Waals surface area contributed by atoms with Gasteiger partial charge in [-0.2, -0.15) is 0 Å². The fourth-order valence-corrected chi connectivity index (χ4v) is 3.68. The highest BCUT2D eigenvalue weighted by Gasteiger charge is 2.17. The van der Waals surface area contributed by atoms with Gasteiger partial charge in [0.25, 0.3) is 0 Å². The van der Waals surface area contributed by atoms with Gasteiger partial charge in [0.05, 0.1) is 6.10 Å². The van der Waals surface area contributed by atoms with Gasteiger partial charge in [-0.3, -0.25) is 4.99 Å². The Bertz CT molecular complexity index is 661. The lowest BCUT2D eigenvalue weighted by molar-refractivity contribution is 0.124. The van der Waals surface area contributed by atoms with Crippen LogP contribution in [0.5, 0.6) is 5.75 Å². The van der Waals surface area contributed by atoms with Crippen LogP contribution in [0.4, 0.5) is 0 Å². The summed E-state index contributed by atoms with van der Waals surface area (Å²) in [6, 6.07) is 6.41. The second-order valence-electron chi connectivity index (χ2n) is 8.59. The molecule has 0 aliphatic carbocycles. The fourth-order valence-electron chi connectivity index (χ4n) is 3.68. The third-order valence-corrected chi connectivity index (χ3v) is 5.90. The third kappa shape index (κ3) is 9.95. The van der Waals surface area contributed by atoms with Crippen LogP contribution in [-0.2, 0) is 6.54 Å². The Kier molecular flexibility index (Phi) is 13.4. The molecule has 1 fully saturated rings. The number of hydrogen-bond acceptors (Lipinski definition) is 4. The quantitative estimate of drug-likeness (QED) is 0.267. The minimum atomic E-state index is 0. The summed E-state index contributed by atoms with van der Waals surface area (Å²) in [6.07, 6.45) is 1.21. The molecule has 0 aromatic heterocycles. The number of guanidine groups is 1. The van der Waals surface area contributed by atoms with E-state index >= 15 is 0 Å². The molecule has 0 amide bonds. The molecule has 2 atom stereocenters. The molecule has 0 bridgehead atoms. The van der Waals surface area contributed by atoms with Crippen molar-refractivity contribution in [1.29, 1.82) is 0 Å². The monoisotopic (exact) mass is 545 g/mol. The van der Waals surface area contributed by atoms with Crippen molar-refractivity contribution in [3.63, 3.8) is 0 Å². The average Bonchev–Trinajstić information content (AvgIpc) is 2.75. The maximum Gasteiger partial charge on any atom is 0.191 e. The normalized spacial score (nSPS) is 17.5. The van der Waals surface area contributed by atoms with E-state index in [9.17, 15) is 0 Å². The molecule has 0 saturated carbocycles. The van der Waals surface area contributed by atoms with Gasteiger partial charge in [-0.1, -0.05) is 32.9 Å². The van der Waals surface area contributed by atoms with Gasteiger partial charge in [0, 0.05) is 58.4 Å². The van der Waals surface area contributed by atoms with Crippen molar-refractivity contribution in [2.24, 2.45) is 10.9 Å². The summed E-state index contributed by atoms with van der Waals surface area (Å²) in [6.45, 7) is 19.6. The van der Waals surface area contributed by atoms with E-state index in [1.807, 2.05) is 7.05 Å². The first-order valence-corrected chi connectivity index (χ1v) is 11.6. The second-order valence-corrected chi connectivity index (χ2v) is 8.59. The standard InChI is InChI=1S/C24H43N5O.HI/c1-7-21(5)30-23-15-19(3)9-10-22(23)17-27-24(25-6)26-16-20(4)18-29-13-11-28(8-2)12-14-29;/h9-10,15,20-21H,7-8,11-14,16-18H2,1-6H3,(H2,25,26,27);1H. The van der Waals surface area contributed by atoms with Gasteiger partial charge in [-0.05, 0) is 44.4 Å². The van der Waals surface area contributed by atoms with Crippen molar-refractivity contribution in [3.8, 4) is 5.75 Å². The van der Waals surface area contributed by atoms with E-state index in [2.05, 4.69) is 78.2 Å². The molecule has 1 aromatic carbocycles. The molecule has 1 aliphatic heterocycles. The summed E-state index contributed by atoms with van der Waals surface area (Å²) in [5.41, 5.74) is 2.37.